The van der Waals surface area contributed by atoms with Crippen molar-refractivity contribution in [2.24, 2.45) is 0 Å². The molecule has 2 heterocycles. The lowest BCUT2D eigenvalue weighted by Gasteiger charge is -2.39. The molecular weight excluding hydrogens is 424 g/mol. The SMILES string of the molecule is O=C(NN1CCCCC1C(=O)N[C@@H]1C(=O)N[C@H]1OCc1ccccc1)OCc1ccccc1. The smallest absolute Gasteiger partial charge is 0.422 e. The molecule has 4 rings (SSSR count). The van der Waals surface area contributed by atoms with E-state index in [1.807, 2.05) is 60.7 Å². The molecule has 0 radical (unpaired) electrons. The molecule has 9 nitrogen and oxygen atoms in total. The number of hydrazine groups is 1. The van der Waals surface area contributed by atoms with Crippen molar-refractivity contribution in [3.8, 4) is 0 Å². The molecule has 9 heteroatoms. The number of nitrogens with zero attached hydrogens (tertiary/aromatic N) is 1. The van der Waals surface area contributed by atoms with Gasteiger partial charge in [-0.05, 0) is 30.4 Å². The Hall–Kier alpha value is -3.43. The Balaban J connectivity index is 1.28. The Labute approximate surface area is 192 Å². The highest BCUT2D eigenvalue weighted by Crippen LogP contribution is 2.18. The van der Waals surface area contributed by atoms with Gasteiger partial charge in [-0.2, -0.15) is 0 Å². The zero-order valence-corrected chi connectivity index (χ0v) is 18.2. The van der Waals surface area contributed by atoms with Gasteiger partial charge < -0.3 is 20.1 Å². The molecule has 3 atom stereocenters. The second-order valence-corrected chi connectivity index (χ2v) is 8.09. The van der Waals surface area contributed by atoms with Gasteiger partial charge in [0, 0.05) is 6.54 Å². The van der Waals surface area contributed by atoms with E-state index in [0.717, 1.165) is 24.0 Å². The van der Waals surface area contributed by atoms with Crippen molar-refractivity contribution in [3.05, 3.63) is 71.8 Å². The second kappa shape index (κ2) is 10.9. The topological polar surface area (TPSA) is 109 Å². The first kappa shape index (κ1) is 22.8. The lowest BCUT2D eigenvalue weighted by atomic mass is 10.0. The summed E-state index contributed by atoms with van der Waals surface area (Å²) in [7, 11) is 0. The minimum atomic E-state index is -0.768. The molecule has 174 valence electrons. The highest BCUT2D eigenvalue weighted by atomic mass is 16.6. The Morgan fingerprint density at radius 2 is 1.64 bits per heavy atom. The summed E-state index contributed by atoms with van der Waals surface area (Å²) in [6.45, 7) is 0.978. The number of hydrogen-bond acceptors (Lipinski definition) is 6. The van der Waals surface area contributed by atoms with E-state index < -0.39 is 24.4 Å². The maximum atomic E-state index is 13.0. The van der Waals surface area contributed by atoms with Gasteiger partial charge in [0.1, 0.15) is 12.6 Å². The van der Waals surface area contributed by atoms with Crippen LogP contribution in [0.25, 0.3) is 0 Å². The summed E-state index contributed by atoms with van der Waals surface area (Å²) >= 11 is 0. The molecule has 3 amide bonds. The molecule has 0 spiro atoms. The van der Waals surface area contributed by atoms with Gasteiger partial charge in [0.2, 0.25) is 11.8 Å². The standard InChI is InChI=1S/C24H28N4O5/c29-21(25-20-22(30)26-23(20)32-15-17-9-3-1-4-10-17)19-13-7-8-14-28(19)27-24(31)33-16-18-11-5-2-6-12-18/h1-6,9-12,19-20,23H,7-8,13-16H2,(H,25,29)(H,26,30)(H,27,31)/t19?,20-,23+/m1/s1. The lowest BCUT2D eigenvalue weighted by Crippen LogP contribution is -2.71. The van der Waals surface area contributed by atoms with E-state index in [-0.39, 0.29) is 18.4 Å². The van der Waals surface area contributed by atoms with E-state index in [2.05, 4.69) is 16.1 Å². The quantitative estimate of drug-likeness (QED) is 0.528. The number of hydrogen-bond donors (Lipinski definition) is 3. The van der Waals surface area contributed by atoms with Crippen molar-refractivity contribution in [1.82, 2.24) is 21.1 Å². The number of carbonyl (C=O) groups excluding carboxylic acids is 3. The third-order valence-corrected chi connectivity index (χ3v) is 5.69. The summed E-state index contributed by atoms with van der Waals surface area (Å²) in [4.78, 5) is 37.3. The molecule has 1 unspecified atom stereocenters. The molecule has 0 bridgehead atoms. The number of piperidine rings is 1. The van der Waals surface area contributed by atoms with Gasteiger partial charge in [0.25, 0.3) is 0 Å². The van der Waals surface area contributed by atoms with Crippen molar-refractivity contribution < 1.29 is 23.9 Å². The van der Waals surface area contributed by atoms with Crippen LogP contribution in [0.3, 0.4) is 0 Å². The molecule has 2 aromatic carbocycles. The predicted molar refractivity (Wildman–Crippen MR) is 119 cm³/mol. The molecule has 2 aliphatic heterocycles. The summed E-state index contributed by atoms with van der Waals surface area (Å²) < 4.78 is 11.0. The van der Waals surface area contributed by atoms with Gasteiger partial charge in [-0.25, -0.2) is 9.80 Å². The maximum absolute atomic E-state index is 13.0. The van der Waals surface area contributed by atoms with Crippen LogP contribution >= 0.6 is 0 Å². The average molecular weight is 453 g/mol. The highest BCUT2D eigenvalue weighted by molar-refractivity contribution is 5.94. The number of amides is 3. The summed E-state index contributed by atoms with van der Waals surface area (Å²) in [6.07, 6.45) is 1.04. The normalized spacial score (nSPS) is 22.5. The van der Waals surface area contributed by atoms with E-state index in [9.17, 15) is 14.4 Å². The molecule has 2 fully saturated rings. The number of carbonyl (C=O) groups is 3. The zero-order chi connectivity index (χ0) is 23.0. The molecular formula is C24H28N4O5. The van der Waals surface area contributed by atoms with Gasteiger partial charge in [-0.1, -0.05) is 60.7 Å². The molecule has 3 N–H and O–H groups in total. The Morgan fingerprint density at radius 1 is 0.970 bits per heavy atom. The number of rotatable bonds is 8. The minimum absolute atomic E-state index is 0.139. The van der Waals surface area contributed by atoms with Gasteiger partial charge in [-0.15, -0.1) is 0 Å². The highest BCUT2D eigenvalue weighted by Gasteiger charge is 2.43. The van der Waals surface area contributed by atoms with Crippen molar-refractivity contribution in [3.63, 3.8) is 0 Å². The van der Waals surface area contributed by atoms with E-state index in [1.165, 1.54) is 0 Å². The number of nitrogens with one attached hydrogen (secondary N) is 3. The molecule has 33 heavy (non-hydrogen) atoms. The first-order valence-corrected chi connectivity index (χ1v) is 11.1. The fraction of sp³-hybridized carbons (Fsp3) is 0.375. The van der Waals surface area contributed by atoms with Crippen molar-refractivity contribution in [2.75, 3.05) is 6.54 Å². The molecule has 0 saturated carbocycles. The third-order valence-electron chi connectivity index (χ3n) is 5.69. The Bertz CT molecular complexity index is 956. The van der Waals surface area contributed by atoms with Crippen molar-refractivity contribution in [1.29, 1.82) is 0 Å². The van der Waals surface area contributed by atoms with Crippen LogP contribution in [0.1, 0.15) is 30.4 Å². The molecule has 2 saturated heterocycles. The zero-order valence-electron chi connectivity index (χ0n) is 18.2. The summed E-state index contributed by atoms with van der Waals surface area (Å²) in [5.41, 5.74) is 4.52. The van der Waals surface area contributed by atoms with Crippen LogP contribution in [0.2, 0.25) is 0 Å². The number of ether oxygens (including phenoxy) is 2. The molecule has 0 aromatic heterocycles. The Morgan fingerprint density at radius 3 is 2.30 bits per heavy atom. The van der Waals surface area contributed by atoms with Gasteiger partial charge in [0.05, 0.1) is 6.61 Å². The first-order chi connectivity index (χ1) is 16.1. The summed E-state index contributed by atoms with van der Waals surface area (Å²) in [5, 5.41) is 7.03. The lowest BCUT2D eigenvalue weighted by molar-refractivity contribution is -0.153. The van der Waals surface area contributed by atoms with Crippen molar-refractivity contribution in [2.45, 2.75) is 50.8 Å². The van der Waals surface area contributed by atoms with E-state index in [1.54, 1.807) is 5.01 Å². The minimum Gasteiger partial charge on any atom is -0.444 e. The number of β-lactam (4-membered cyclic amide) rings is 1. The molecule has 2 aliphatic rings. The summed E-state index contributed by atoms with van der Waals surface area (Å²) in [5.74, 6) is -0.620. The first-order valence-electron chi connectivity index (χ1n) is 11.1. The van der Waals surface area contributed by atoms with Crippen LogP contribution in [-0.2, 0) is 32.3 Å². The fourth-order valence-electron chi connectivity index (χ4n) is 3.85. The van der Waals surface area contributed by atoms with E-state index in [4.69, 9.17) is 9.47 Å². The molecule has 2 aromatic rings. The van der Waals surface area contributed by atoms with E-state index >= 15 is 0 Å². The van der Waals surface area contributed by atoms with Crippen LogP contribution < -0.4 is 16.1 Å². The van der Waals surface area contributed by atoms with Gasteiger partial charge >= 0.3 is 6.09 Å². The molecule has 0 aliphatic carbocycles. The van der Waals surface area contributed by atoms with Crippen molar-refractivity contribution >= 4 is 17.9 Å². The van der Waals surface area contributed by atoms with Crippen LogP contribution in [0.4, 0.5) is 4.79 Å². The van der Waals surface area contributed by atoms with Crippen LogP contribution in [0.5, 0.6) is 0 Å². The van der Waals surface area contributed by atoms with Crippen LogP contribution in [-0.4, -0.2) is 47.8 Å². The number of benzene rings is 2. The second-order valence-electron chi connectivity index (χ2n) is 8.09. The predicted octanol–water partition coefficient (Wildman–Crippen LogP) is 1.84. The average Bonchev–Trinajstić information content (AvgIpc) is 2.85. The van der Waals surface area contributed by atoms with Gasteiger partial charge in [-0.3, -0.25) is 15.0 Å². The largest absolute Gasteiger partial charge is 0.444 e. The van der Waals surface area contributed by atoms with E-state index in [0.29, 0.717) is 19.6 Å². The Kier molecular flexibility index (Phi) is 7.54. The van der Waals surface area contributed by atoms with Crippen LogP contribution in [0, 0.1) is 0 Å². The monoisotopic (exact) mass is 452 g/mol. The van der Waals surface area contributed by atoms with Crippen LogP contribution in [0.15, 0.2) is 60.7 Å². The summed E-state index contributed by atoms with van der Waals surface area (Å²) in [6, 6.07) is 17.6. The fourth-order valence-corrected chi connectivity index (χ4v) is 3.85. The van der Waals surface area contributed by atoms with Gasteiger partial charge in [0.15, 0.2) is 12.3 Å². The third kappa shape index (κ3) is 6.09. The maximum Gasteiger partial charge on any atom is 0.422 e.